The molecule has 0 unspecified atom stereocenters. The zero-order chi connectivity index (χ0) is 20.4. The summed E-state index contributed by atoms with van der Waals surface area (Å²) in [5.74, 6) is 0.199. The predicted octanol–water partition coefficient (Wildman–Crippen LogP) is 6.34. The number of amides is 1. The molecular weight excluding hydrogens is 332 g/mol. The van der Waals surface area contributed by atoms with Crippen molar-refractivity contribution in [2.75, 3.05) is 0 Å². The number of fused-ring (bicyclic) bond motifs is 1. The molecule has 3 rings (SSSR count). The average molecular weight is 367 g/mol. The third-order valence-electron chi connectivity index (χ3n) is 4.63. The lowest BCUT2D eigenvalue weighted by atomic mass is 9.70. The van der Waals surface area contributed by atoms with Crippen molar-refractivity contribution in [3.05, 3.63) is 66.4 Å². The highest BCUT2D eigenvalue weighted by atomic mass is 16.1. The molecule has 0 spiro atoms. The number of carbonyl (C=O) groups is 1. The topological polar surface area (TPSA) is 58.9 Å². The van der Waals surface area contributed by atoms with Crippen LogP contribution in [-0.2, 0) is 4.79 Å². The lowest BCUT2D eigenvalue weighted by Gasteiger charge is -2.34. The van der Waals surface area contributed by atoms with Gasteiger partial charge in [-0.15, -0.1) is 0 Å². The minimum Gasteiger partial charge on any atom is -0.369 e. The van der Waals surface area contributed by atoms with E-state index in [0.717, 1.165) is 29.6 Å². The number of H-pyrrole nitrogens is 1. The van der Waals surface area contributed by atoms with Crippen LogP contribution in [-0.4, -0.2) is 10.9 Å². The second-order valence-electron chi connectivity index (χ2n) is 6.08. The molecule has 0 atom stereocenters. The highest BCUT2D eigenvalue weighted by Crippen LogP contribution is 2.46. The van der Waals surface area contributed by atoms with E-state index < -0.39 is 0 Å². The van der Waals surface area contributed by atoms with Gasteiger partial charge in [-0.2, -0.15) is 0 Å². The Morgan fingerprint density at radius 2 is 1.81 bits per heavy atom. The zero-order valence-corrected chi connectivity index (χ0v) is 17.4. The SMILES string of the molecule is C=C/C=C(\C=C/C)c1[nH]c2ccccc2c1C1CC(C(N)=O)C1.CC.CC. The minimum atomic E-state index is -0.182. The number of benzene rings is 1. The second-order valence-corrected chi connectivity index (χ2v) is 6.08. The number of allylic oxidation sites excluding steroid dienone is 5. The number of aromatic nitrogens is 1. The summed E-state index contributed by atoms with van der Waals surface area (Å²) in [7, 11) is 0. The molecule has 3 N–H and O–H groups in total. The van der Waals surface area contributed by atoms with Crippen LogP contribution in [0.2, 0.25) is 0 Å². The van der Waals surface area contributed by atoms with Gasteiger partial charge in [0.2, 0.25) is 5.91 Å². The van der Waals surface area contributed by atoms with Crippen molar-refractivity contribution in [2.45, 2.75) is 53.4 Å². The maximum Gasteiger partial charge on any atom is 0.220 e. The molecule has 0 bridgehead atoms. The van der Waals surface area contributed by atoms with Crippen LogP contribution < -0.4 is 5.73 Å². The lowest BCUT2D eigenvalue weighted by Crippen LogP contribution is -2.34. The molecule has 146 valence electrons. The van der Waals surface area contributed by atoms with E-state index in [0.29, 0.717) is 5.92 Å². The van der Waals surface area contributed by atoms with E-state index in [-0.39, 0.29) is 11.8 Å². The minimum absolute atomic E-state index is 0.00932. The summed E-state index contributed by atoms with van der Waals surface area (Å²) < 4.78 is 0. The summed E-state index contributed by atoms with van der Waals surface area (Å²) in [5, 5.41) is 1.23. The number of hydrogen-bond acceptors (Lipinski definition) is 1. The van der Waals surface area contributed by atoms with Gasteiger partial charge in [-0.05, 0) is 42.9 Å². The quantitative estimate of drug-likeness (QED) is 0.596. The van der Waals surface area contributed by atoms with Crippen molar-refractivity contribution >= 4 is 22.4 Å². The first kappa shape index (κ1) is 22.5. The van der Waals surface area contributed by atoms with Crippen LogP contribution in [0.25, 0.3) is 16.5 Å². The highest BCUT2D eigenvalue weighted by Gasteiger charge is 2.36. The molecule has 1 aromatic carbocycles. The van der Waals surface area contributed by atoms with Crippen molar-refractivity contribution in [1.29, 1.82) is 0 Å². The van der Waals surface area contributed by atoms with E-state index in [1.807, 2.05) is 52.8 Å². The van der Waals surface area contributed by atoms with Crippen molar-refractivity contribution in [2.24, 2.45) is 11.7 Å². The molecule has 0 radical (unpaired) electrons. The van der Waals surface area contributed by atoms with E-state index in [2.05, 4.69) is 35.8 Å². The van der Waals surface area contributed by atoms with Gasteiger partial charge in [-0.1, -0.05) is 76.8 Å². The Hall–Kier alpha value is -2.55. The van der Waals surface area contributed by atoms with Gasteiger partial charge in [-0.25, -0.2) is 0 Å². The molecule has 0 aliphatic heterocycles. The number of nitrogens with one attached hydrogen (secondary N) is 1. The summed E-state index contributed by atoms with van der Waals surface area (Å²) in [6.07, 6.45) is 9.59. The average Bonchev–Trinajstić information content (AvgIpc) is 3.03. The third-order valence-corrected chi connectivity index (χ3v) is 4.63. The number of aromatic amines is 1. The Morgan fingerprint density at radius 1 is 1.19 bits per heavy atom. The van der Waals surface area contributed by atoms with Crippen LogP contribution in [0.15, 0.2) is 55.1 Å². The molecule has 2 aromatic rings. The monoisotopic (exact) mass is 366 g/mol. The summed E-state index contributed by atoms with van der Waals surface area (Å²) in [5.41, 5.74) is 10.1. The molecule has 3 heteroatoms. The Morgan fingerprint density at radius 3 is 2.37 bits per heavy atom. The fourth-order valence-electron chi connectivity index (χ4n) is 3.43. The van der Waals surface area contributed by atoms with E-state index in [4.69, 9.17) is 5.73 Å². The lowest BCUT2D eigenvalue weighted by molar-refractivity contribution is -0.124. The summed E-state index contributed by atoms with van der Waals surface area (Å²) in [6.45, 7) is 13.8. The summed E-state index contributed by atoms with van der Waals surface area (Å²) in [6, 6.07) is 8.32. The van der Waals surface area contributed by atoms with Gasteiger partial charge >= 0.3 is 0 Å². The smallest absolute Gasteiger partial charge is 0.220 e. The van der Waals surface area contributed by atoms with Crippen molar-refractivity contribution in [3.8, 4) is 0 Å². The maximum atomic E-state index is 11.4. The number of carbonyl (C=O) groups excluding carboxylic acids is 1. The molecule has 1 heterocycles. The van der Waals surface area contributed by atoms with Gasteiger partial charge in [0.25, 0.3) is 0 Å². The van der Waals surface area contributed by atoms with Crippen LogP contribution in [0.4, 0.5) is 0 Å². The van der Waals surface area contributed by atoms with Crippen molar-refractivity contribution in [1.82, 2.24) is 4.98 Å². The number of hydrogen-bond donors (Lipinski definition) is 2. The first-order valence-corrected chi connectivity index (χ1v) is 10.0. The number of rotatable bonds is 5. The molecule has 3 nitrogen and oxygen atoms in total. The molecule has 1 aliphatic carbocycles. The molecule has 1 saturated carbocycles. The molecule has 1 fully saturated rings. The van der Waals surface area contributed by atoms with Crippen LogP contribution in [0.3, 0.4) is 0 Å². The van der Waals surface area contributed by atoms with Crippen LogP contribution in [0, 0.1) is 5.92 Å². The van der Waals surface area contributed by atoms with Crippen molar-refractivity contribution in [3.63, 3.8) is 0 Å². The Bertz CT molecular complexity index is 805. The third kappa shape index (κ3) is 5.00. The fraction of sp³-hybridized carbons (Fsp3) is 0.375. The van der Waals surface area contributed by atoms with E-state index in [1.165, 1.54) is 10.9 Å². The van der Waals surface area contributed by atoms with Crippen LogP contribution in [0.1, 0.15) is 64.6 Å². The Labute approximate surface area is 164 Å². The second kappa shape index (κ2) is 11.2. The summed E-state index contributed by atoms with van der Waals surface area (Å²) in [4.78, 5) is 14.9. The molecule has 27 heavy (non-hydrogen) atoms. The van der Waals surface area contributed by atoms with Gasteiger partial charge < -0.3 is 10.7 Å². The molecule has 1 aromatic heterocycles. The van der Waals surface area contributed by atoms with Gasteiger partial charge in [0.15, 0.2) is 0 Å². The number of primary amides is 1. The predicted molar refractivity (Wildman–Crippen MR) is 119 cm³/mol. The molecular formula is C24H34N2O. The van der Waals surface area contributed by atoms with E-state index in [9.17, 15) is 4.79 Å². The normalized spacial score (nSPS) is 18.8. The molecule has 0 saturated heterocycles. The van der Waals surface area contributed by atoms with Crippen LogP contribution >= 0.6 is 0 Å². The van der Waals surface area contributed by atoms with Gasteiger partial charge in [0.05, 0.1) is 0 Å². The highest BCUT2D eigenvalue weighted by molar-refractivity contribution is 5.92. The maximum absolute atomic E-state index is 11.4. The Kier molecular flexibility index (Phi) is 9.35. The summed E-state index contributed by atoms with van der Waals surface area (Å²) >= 11 is 0. The van der Waals surface area contributed by atoms with Gasteiger partial charge in [0.1, 0.15) is 0 Å². The van der Waals surface area contributed by atoms with E-state index >= 15 is 0 Å². The largest absolute Gasteiger partial charge is 0.369 e. The first-order chi connectivity index (χ1) is 13.2. The van der Waals surface area contributed by atoms with Crippen molar-refractivity contribution < 1.29 is 4.79 Å². The van der Waals surface area contributed by atoms with Gasteiger partial charge in [-0.3, -0.25) is 4.79 Å². The standard InChI is InChI=1S/C20H22N2O.2C2H6/c1-3-7-13(8-4-2)19-18(14-11-15(12-14)20(21)23)16-9-5-6-10-17(16)22-19;2*1-2/h3-10,14-15,22H,1,11-12H2,2H3,(H2,21,23);2*1-2H3/b8-4-,13-7+;;. The Balaban J connectivity index is 0.000000855. The zero-order valence-electron chi connectivity index (χ0n) is 17.4. The van der Waals surface area contributed by atoms with Crippen LogP contribution in [0.5, 0.6) is 0 Å². The number of nitrogens with two attached hydrogens (primary N) is 1. The van der Waals surface area contributed by atoms with Gasteiger partial charge in [0, 0.05) is 22.5 Å². The molecule has 1 amide bonds. The molecule has 1 aliphatic rings. The fourth-order valence-corrected chi connectivity index (χ4v) is 3.43. The number of para-hydroxylation sites is 1. The first-order valence-electron chi connectivity index (χ1n) is 10.0. The van der Waals surface area contributed by atoms with E-state index in [1.54, 1.807) is 6.08 Å².